The maximum Gasteiger partial charge on any atom is 0.408 e. The van der Waals surface area contributed by atoms with Crippen LogP contribution in [-0.4, -0.2) is 36.0 Å². The average Bonchev–Trinajstić information content (AvgIpc) is 3.48. The largest absolute Gasteiger partial charge is 0.445 e. The van der Waals surface area contributed by atoms with Crippen molar-refractivity contribution in [3.05, 3.63) is 101 Å². The monoisotopic (exact) mass is 529 g/mol. The first-order valence-corrected chi connectivity index (χ1v) is 12.7. The SMILES string of the molecule is CNC(=O)[C@H](Cc1ccc(C(=O)Nc2cc(-c3cccs3)ccc2N)cc1)NC(=O)OCc1cccnc1. The van der Waals surface area contributed by atoms with E-state index in [1.165, 1.54) is 7.05 Å². The molecule has 38 heavy (non-hydrogen) atoms. The van der Waals surface area contributed by atoms with Crippen LogP contribution in [0.15, 0.2) is 84.5 Å². The van der Waals surface area contributed by atoms with Crippen molar-refractivity contribution in [2.45, 2.75) is 19.1 Å². The molecule has 4 aromatic rings. The third-order valence-electron chi connectivity index (χ3n) is 5.71. The zero-order valence-electron chi connectivity index (χ0n) is 20.6. The van der Waals surface area contributed by atoms with Crippen molar-refractivity contribution in [2.24, 2.45) is 0 Å². The second kappa shape index (κ2) is 12.5. The Bertz CT molecular complexity index is 1390. The Kier molecular flexibility index (Phi) is 8.68. The lowest BCUT2D eigenvalue weighted by atomic mass is 10.0. The summed E-state index contributed by atoms with van der Waals surface area (Å²) < 4.78 is 5.21. The van der Waals surface area contributed by atoms with Gasteiger partial charge in [0.15, 0.2) is 0 Å². The highest BCUT2D eigenvalue weighted by Crippen LogP contribution is 2.30. The number of nitrogens with zero attached hydrogens (tertiary/aromatic N) is 1. The summed E-state index contributed by atoms with van der Waals surface area (Å²) in [5.41, 5.74) is 9.95. The van der Waals surface area contributed by atoms with Gasteiger partial charge in [-0.2, -0.15) is 0 Å². The standard InChI is InChI=1S/C28H27N5O4S/c1-30-27(35)24(33-28(36)37-17-19-4-2-12-31-16-19)14-18-6-8-20(9-7-18)26(34)32-23-15-21(10-11-22(23)29)25-5-3-13-38-25/h2-13,15-16,24H,14,17,29H2,1H3,(H,30,35)(H,32,34)(H,33,36)/t24-/m0/s1. The average molecular weight is 530 g/mol. The number of hydrogen-bond acceptors (Lipinski definition) is 7. The van der Waals surface area contributed by atoms with Gasteiger partial charge in [-0.25, -0.2) is 4.79 Å². The van der Waals surface area contributed by atoms with Crippen LogP contribution in [0.1, 0.15) is 21.5 Å². The second-order valence-corrected chi connectivity index (χ2v) is 9.33. The van der Waals surface area contributed by atoms with Crippen molar-refractivity contribution in [3.8, 4) is 10.4 Å². The van der Waals surface area contributed by atoms with Crippen molar-refractivity contribution in [2.75, 3.05) is 18.1 Å². The lowest BCUT2D eigenvalue weighted by molar-refractivity contribution is -0.122. The van der Waals surface area contributed by atoms with Crippen molar-refractivity contribution < 1.29 is 19.1 Å². The summed E-state index contributed by atoms with van der Waals surface area (Å²) in [4.78, 5) is 42.6. The van der Waals surface area contributed by atoms with Gasteiger partial charge in [-0.3, -0.25) is 14.6 Å². The van der Waals surface area contributed by atoms with Gasteiger partial charge in [0.25, 0.3) is 5.91 Å². The van der Waals surface area contributed by atoms with Gasteiger partial charge in [0.1, 0.15) is 12.6 Å². The number of aromatic nitrogens is 1. The normalized spacial score (nSPS) is 11.3. The number of alkyl carbamates (subject to hydrolysis) is 1. The number of pyridine rings is 1. The van der Waals surface area contributed by atoms with Crippen LogP contribution in [0.2, 0.25) is 0 Å². The molecule has 0 unspecified atom stereocenters. The number of hydrogen-bond donors (Lipinski definition) is 4. The zero-order chi connectivity index (χ0) is 26.9. The first kappa shape index (κ1) is 26.4. The number of carbonyl (C=O) groups is 3. The molecule has 0 saturated carbocycles. The number of carbonyl (C=O) groups excluding carboxylic acids is 3. The summed E-state index contributed by atoms with van der Waals surface area (Å²) in [6, 6.07) is 18.9. The molecule has 0 fully saturated rings. The molecule has 2 aromatic heterocycles. The molecular weight excluding hydrogens is 502 g/mol. The van der Waals surface area contributed by atoms with Gasteiger partial charge in [0.2, 0.25) is 5.91 Å². The molecule has 0 aliphatic heterocycles. The molecule has 0 spiro atoms. The van der Waals surface area contributed by atoms with Crippen LogP contribution in [0.25, 0.3) is 10.4 Å². The Hall–Kier alpha value is -4.70. The number of thiophene rings is 1. The van der Waals surface area contributed by atoms with Gasteiger partial charge in [-0.15, -0.1) is 11.3 Å². The van der Waals surface area contributed by atoms with E-state index in [0.29, 0.717) is 16.9 Å². The Morgan fingerprint density at radius 1 is 1.03 bits per heavy atom. The van der Waals surface area contributed by atoms with Crippen LogP contribution >= 0.6 is 11.3 Å². The third kappa shape index (κ3) is 6.95. The molecule has 0 aliphatic rings. The summed E-state index contributed by atoms with van der Waals surface area (Å²) in [6.07, 6.45) is 2.70. The van der Waals surface area contributed by atoms with Gasteiger partial charge < -0.3 is 26.4 Å². The predicted octanol–water partition coefficient (Wildman–Crippen LogP) is 4.23. The minimum atomic E-state index is -0.860. The number of amides is 3. The number of nitrogen functional groups attached to an aromatic ring is 1. The molecule has 9 nitrogen and oxygen atoms in total. The maximum atomic E-state index is 12.9. The highest BCUT2D eigenvalue weighted by atomic mass is 32.1. The number of likely N-dealkylation sites (N-methyl/N-ethyl adjacent to an activating group) is 1. The fourth-order valence-corrected chi connectivity index (χ4v) is 4.41. The number of anilines is 2. The van der Waals surface area contributed by atoms with E-state index in [9.17, 15) is 14.4 Å². The van der Waals surface area contributed by atoms with Gasteiger partial charge in [0.05, 0.1) is 11.4 Å². The van der Waals surface area contributed by atoms with Gasteiger partial charge in [0, 0.05) is 41.9 Å². The Labute approximate surface area is 224 Å². The minimum Gasteiger partial charge on any atom is -0.445 e. The van der Waals surface area contributed by atoms with Crippen LogP contribution in [0, 0.1) is 0 Å². The fraction of sp³-hybridized carbons (Fsp3) is 0.143. The number of nitrogens with two attached hydrogens (primary N) is 1. The summed E-state index contributed by atoms with van der Waals surface area (Å²) in [7, 11) is 1.49. The summed E-state index contributed by atoms with van der Waals surface area (Å²) in [6.45, 7) is 0.0324. The first-order chi connectivity index (χ1) is 18.4. The van der Waals surface area contributed by atoms with E-state index in [1.807, 2.05) is 29.6 Å². The van der Waals surface area contributed by atoms with Gasteiger partial charge in [-0.1, -0.05) is 30.3 Å². The number of rotatable bonds is 9. The molecule has 1 atom stereocenters. The lowest BCUT2D eigenvalue weighted by Gasteiger charge is -2.17. The molecule has 2 heterocycles. The molecule has 10 heteroatoms. The molecule has 2 aromatic carbocycles. The second-order valence-electron chi connectivity index (χ2n) is 8.38. The summed E-state index contributed by atoms with van der Waals surface area (Å²) >= 11 is 1.60. The molecule has 5 N–H and O–H groups in total. The van der Waals surface area contributed by atoms with E-state index in [-0.39, 0.29) is 24.8 Å². The van der Waals surface area contributed by atoms with Crippen LogP contribution in [0.3, 0.4) is 0 Å². The maximum absolute atomic E-state index is 12.9. The van der Waals surface area contributed by atoms with Crippen LogP contribution in [-0.2, 0) is 22.6 Å². The number of nitrogens with one attached hydrogen (secondary N) is 3. The first-order valence-electron chi connectivity index (χ1n) is 11.8. The Morgan fingerprint density at radius 3 is 2.53 bits per heavy atom. The van der Waals surface area contributed by atoms with Crippen molar-refractivity contribution in [3.63, 3.8) is 0 Å². The lowest BCUT2D eigenvalue weighted by Crippen LogP contribution is -2.47. The predicted molar refractivity (Wildman–Crippen MR) is 148 cm³/mol. The third-order valence-corrected chi connectivity index (χ3v) is 6.63. The Morgan fingerprint density at radius 2 is 1.84 bits per heavy atom. The van der Waals surface area contributed by atoms with E-state index in [1.54, 1.807) is 66.2 Å². The van der Waals surface area contributed by atoms with Gasteiger partial charge in [-0.05, 0) is 52.9 Å². The fourth-order valence-electron chi connectivity index (χ4n) is 3.68. The van der Waals surface area contributed by atoms with E-state index in [4.69, 9.17) is 10.5 Å². The van der Waals surface area contributed by atoms with Gasteiger partial charge >= 0.3 is 6.09 Å². The minimum absolute atomic E-state index is 0.0324. The van der Waals surface area contributed by atoms with E-state index in [0.717, 1.165) is 21.6 Å². The molecule has 0 saturated heterocycles. The van der Waals surface area contributed by atoms with Crippen molar-refractivity contribution in [1.82, 2.24) is 15.6 Å². The summed E-state index contributed by atoms with van der Waals surface area (Å²) in [5.74, 6) is -0.683. The molecule has 194 valence electrons. The molecule has 0 bridgehead atoms. The zero-order valence-corrected chi connectivity index (χ0v) is 21.5. The molecule has 0 aliphatic carbocycles. The molecule has 4 rings (SSSR count). The smallest absolute Gasteiger partial charge is 0.408 e. The number of ether oxygens (including phenoxy) is 1. The van der Waals surface area contributed by atoms with Crippen molar-refractivity contribution >= 4 is 40.6 Å². The Balaban J connectivity index is 1.38. The quantitative estimate of drug-likeness (QED) is 0.240. The van der Waals surface area contributed by atoms with E-state index >= 15 is 0 Å². The van der Waals surface area contributed by atoms with E-state index in [2.05, 4.69) is 20.9 Å². The van der Waals surface area contributed by atoms with E-state index < -0.39 is 12.1 Å². The topological polar surface area (TPSA) is 135 Å². The molecule has 0 radical (unpaired) electrons. The molecular formula is C28H27N5O4S. The van der Waals surface area contributed by atoms with Crippen LogP contribution in [0.5, 0.6) is 0 Å². The van der Waals surface area contributed by atoms with Crippen molar-refractivity contribution in [1.29, 1.82) is 0 Å². The highest BCUT2D eigenvalue weighted by molar-refractivity contribution is 7.13. The van der Waals surface area contributed by atoms with Crippen LogP contribution < -0.4 is 21.7 Å². The summed E-state index contributed by atoms with van der Waals surface area (Å²) in [5, 5.41) is 10.00. The number of benzene rings is 2. The highest BCUT2D eigenvalue weighted by Gasteiger charge is 2.21. The molecule has 3 amide bonds. The van der Waals surface area contributed by atoms with Crippen LogP contribution in [0.4, 0.5) is 16.2 Å².